The first kappa shape index (κ1) is 20.2. The Labute approximate surface area is 187 Å². The number of hydrazone groups is 1. The molecule has 0 radical (unpaired) electrons. The van der Waals surface area contributed by atoms with Gasteiger partial charge < -0.3 is 24.2 Å². The molecule has 0 amide bonds. The van der Waals surface area contributed by atoms with Gasteiger partial charge in [0.2, 0.25) is 5.75 Å². The molecule has 1 unspecified atom stereocenters. The van der Waals surface area contributed by atoms with Crippen LogP contribution in [-0.2, 0) is 6.54 Å². The van der Waals surface area contributed by atoms with E-state index in [9.17, 15) is 0 Å². The third kappa shape index (κ3) is 3.14. The summed E-state index contributed by atoms with van der Waals surface area (Å²) in [5.74, 6) is 1.84. The van der Waals surface area contributed by atoms with Crippen LogP contribution in [0.2, 0.25) is 0 Å². The summed E-state index contributed by atoms with van der Waals surface area (Å²) in [7, 11) is 4.86. The molecule has 1 N–H and O–H groups in total. The van der Waals surface area contributed by atoms with Gasteiger partial charge >= 0.3 is 0 Å². The topological polar surface area (TPSA) is 57.0 Å². The number of aromatic nitrogens is 1. The molecular weight excluding hydrogens is 402 g/mol. The fraction of sp³-hybridized carbons (Fsp3) is 0.269. The van der Waals surface area contributed by atoms with Gasteiger partial charge in [0.05, 0.1) is 33.1 Å². The first-order valence-corrected chi connectivity index (χ1v) is 10.8. The first-order chi connectivity index (χ1) is 15.7. The lowest BCUT2D eigenvalue weighted by Crippen LogP contribution is -2.10. The zero-order chi connectivity index (χ0) is 22.2. The SMILES string of the molecule is CCn1c2ccccc2c2cc(C3CC(c4cc(OC)c(OC)c(OC)c4)=NN3)ccc21. The molecular formula is C26H27N3O3. The minimum absolute atomic E-state index is 0.109. The van der Waals surface area contributed by atoms with Crippen molar-refractivity contribution in [2.75, 3.05) is 21.3 Å². The van der Waals surface area contributed by atoms with E-state index in [1.54, 1.807) is 21.3 Å². The van der Waals surface area contributed by atoms with Crippen LogP contribution in [-0.4, -0.2) is 31.6 Å². The van der Waals surface area contributed by atoms with E-state index in [1.165, 1.54) is 27.4 Å². The summed E-state index contributed by atoms with van der Waals surface area (Å²) in [6, 6.07) is 19.3. The van der Waals surface area contributed by atoms with Gasteiger partial charge in [0.1, 0.15) is 0 Å². The number of hydrogen-bond donors (Lipinski definition) is 1. The number of nitrogens with one attached hydrogen (secondary N) is 1. The fourth-order valence-corrected chi connectivity index (χ4v) is 4.69. The molecule has 6 nitrogen and oxygen atoms in total. The normalized spacial score (nSPS) is 15.6. The molecule has 1 aliphatic heterocycles. The molecule has 4 aromatic rings. The molecule has 6 heteroatoms. The Bertz CT molecular complexity index is 1310. The third-order valence-corrected chi connectivity index (χ3v) is 6.27. The Morgan fingerprint density at radius 2 is 1.62 bits per heavy atom. The number of methoxy groups -OCH3 is 3. The van der Waals surface area contributed by atoms with Gasteiger partial charge in [0.25, 0.3) is 0 Å². The van der Waals surface area contributed by atoms with Crippen molar-refractivity contribution in [1.82, 2.24) is 9.99 Å². The van der Waals surface area contributed by atoms with E-state index in [0.717, 1.165) is 24.2 Å². The summed E-state index contributed by atoms with van der Waals surface area (Å²) in [5.41, 5.74) is 9.01. The van der Waals surface area contributed by atoms with Gasteiger partial charge in [-0.15, -0.1) is 0 Å². The third-order valence-electron chi connectivity index (χ3n) is 6.27. The van der Waals surface area contributed by atoms with Crippen LogP contribution in [0.25, 0.3) is 21.8 Å². The van der Waals surface area contributed by atoms with Gasteiger partial charge in [-0.3, -0.25) is 0 Å². The lowest BCUT2D eigenvalue weighted by molar-refractivity contribution is 0.324. The van der Waals surface area contributed by atoms with Crippen molar-refractivity contribution in [2.24, 2.45) is 5.10 Å². The summed E-state index contributed by atoms with van der Waals surface area (Å²) in [6.45, 7) is 3.13. The van der Waals surface area contributed by atoms with Gasteiger partial charge in [0, 0.05) is 40.3 Å². The smallest absolute Gasteiger partial charge is 0.203 e. The molecule has 0 bridgehead atoms. The maximum absolute atomic E-state index is 5.51. The van der Waals surface area contributed by atoms with E-state index in [2.05, 4.69) is 64.5 Å². The van der Waals surface area contributed by atoms with Gasteiger partial charge in [0.15, 0.2) is 11.5 Å². The second-order valence-corrected chi connectivity index (χ2v) is 7.90. The number of aryl methyl sites for hydroxylation is 1. The quantitative estimate of drug-likeness (QED) is 0.453. The Hall–Kier alpha value is -3.67. The minimum Gasteiger partial charge on any atom is -0.493 e. The molecule has 3 aromatic carbocycles. The number of nitrogens with zero attached hydrogens (tertiary/aromatic N) is 2. The van der Waals surface area contributed by atoms with E-state index in [-0.39, 0.29) is 6.04 Å². The number of rotatable bonds is 6. The molecule has 1 aliphatic rings. The first-order valence-electron chi connectivity index (χ1n) is 10.8. The van der Waals surface area contributed by atoms with Crippen LogP contribution in [0.5, 0.6) is 17.2 Å². The van der Waals surface area contributed by atoms with Crippen LogP contribution >= 0.6 is 0 Å². The lowest BCUT2D eigenvalue weighted by Gasteiger charge is -2.14. The van der Waals surface area contributed by atoms with Crippen molar-refractivity contribution in [1.29, 1.82) is 0 Å². The number of fused-ring (bicyclic) bond motifs is 3. The van der Waals surface area contributed by atoms with E-state index < -0.39 is 0 Å². The van der Waals surface area contributed by atoms with Gasteiger partial charge in [-0.1, -0.05) is 24.3 Å². The molecule has 164 valence electrons. The van der Waals surface area contributed by atoms with Crippen LogP contribution in [0.1, 0.15) is 30.5 Å². The number of ether oxygens (including phenoxy) is 3. The highest BCUT2D eigenvalue weighted by molar-refractivity contribution is 6.08. The maximum Gasteiger partial charge on any atom is 0.203 e. The van der Waals surface area contributed by atoms with Crippen molar-refractivity contribution in [3.05, 3.63) is 65.7 Å². The number of benzene rings is 3. The molecule has 0 spiro atoms. The summed E-state index contributed by atoms with van der Waals surface area (Å²) in [4.78, 5) is 0. The highest BCUT2D eigenvalue weighted by Gasteiger charge is 2.24. The van der Waals surface area contributed by atoms with Crippen LogP contribution < -0.4 is 19.6 Å². The number of hydrogen-bond acceptors (Lipinski definition) is 5. The molecule has 0 saturated carbocycles. The molecule has 1 aromatic heterocycles. The predicted octanol–water partition coefficient (Wildman–Crippen LogP) is 5.28. The molecule has 0 aliphatic carbocycles. The average molecular weight is 430 g/mol. The average Bonchev–Trinajstić information content (AvgIpc) is 3.45. The second kappa shape index (κ2) is 8.11. The number of para-hydroxylation sites is 1. The Morgan fingerprint density at radius 1 is 0.906 bits per heavy atom. The summed E-state index contributed by atoms with van der Waals surface area (Å²) in [5, 5.41) is 7.21. The standard InChI is InChI=1S/C26H27N3O3/c1-5-29-22-9-7-6-8-18(22)19-12-16(10-11-23(19)29)20-15-21(28-27-20)17-13-24(30-2)26(32-4)25(14-17)31-3/h6-14,20,27H,5,15H2,1-4H3. The lowest BCUT2D eigenvalue weighted by atomic mass is 9.97. The van der Waals surface area contributed by atoms with Gasteiger partial charge in [-0.25, -0.2) is 0 Å². The highest BCUT2D eigenvalue weighted by atomic mass is 16.5. The van der Waals surface area contributed by atoms with Crippen molar-refractivity contribution < 1.29 is 14.2 Å². The predicted molar refractivity (Wildman–Crippen MR) is 128 cm³/mol. The fourth-order valence-electron chi connectivity index (χ4n) is 4.69. The van der Waals surface area contributed by atoms with E-state index in [1.807, 2.05) is 12.1 Å². The zero-order valence-electron chi connectivity index (χ0n) is 18.8. The molecule has 32 heavy (non-hydrogen) atoms. The monoisotopic (exact) mass is 429 g/mol. The molecule has 1 atom stereocenters. The van der Waals surface area contributed by atoms with Crippen LogP contribution in [0.3, 0.4) is 0 Å². The van der Waals surface area contributed by atoms with Crippen molar-refractivity contribution in [3.8, 4) is 17.2 Å². The van der Waals surface area contributed by atoms with Crippen molar-refractivity contribution >= 4 is 27.5 Å². The van der Waals surface area contributed by atoms with Crippen LogP contribution in [0.15, 0.2) is 59.7 Å². The Kier molecular flexibility index (Phi) is 5.13. The molecule has 2 heterocycles. The summed E-state index contributed by atoms with van der Waals surface area (Å²) >= 11 is 0. The molecule has 5 rings (SSSR count). The zero-order valence-corrected chi connectivity index (χ0v) is 18.8. The molecule has 0 fully saturated rings. The van der Waals surface area contributed by atoms with E-state index in [4.69, 9.17) is 14.2 Å². The van der Waals surface area contributed by atoms with E-state index in [0.29, 0.717) is 17.2 Å². The van der Waals surface area contributed by atoms with Gasteiger partial charge in [-0.05, 0) is 42.8 Å². The van der Waals surface area contributed by atoms with Gasteiger partial charge in [-0.2, -0.15) is 5.10 Å². The minimum atomic E-state index is 0.109. The maximum atomic E-state index is 5.51. The Morgan fingerprint density at radius 3 is 2.31 bits per heavy atom. The second-order valence-electron chi connectivity index (χ2n) is 7.90. The summed E-state index contributed by atoms with van der Waals surface area (Å²) in [6.07, 6.45) is 0.774. The highest BCUT2D eigenvalue weighted by Crippen LogP contribution is 2.40. The van der Waals surface area contributed by atoms with Crippen LogP contribution in [0, 0.1) is 0 Å². The summed E-state index contributed by atoms with van der Waals surface area (Å²) < 4.78 is 18.8. The van der Waals surface area contributed by atoms with Crippen molar-refractivity contribution in [3.63, 3.8) is 0 Å². The Balaban J connectivity index is 1.49. The largest absolute Gasteiger partial charge is 0.493 e. The molecule has 0 saturated heterocycles. The van der Waals surface area contributed by atoms with Crippen molar-refractivity contribution in [2.45, 2.75) is 25.9 Å². The van der Waals surface area contributed by atoms with E-state index >= 15 is 0 Å². The van der Waals surface area contributed by atoms with Crippen LogP contribution in [0.4, 0.5) is 0 Å².